The van der Waals surface area contributed by atoms with E-state index in [0.29, 0.717) is 29.6 Å². The highest BCUT2D eigenvalue weighted by molar-refractivity contribution is 5.87. The zero-order valence-electron chi connectivity index (χ0n) is 16.0. The lowest BCUT2D eigenvalue weighted by molar-refractivity contribution is -0.137. The predicted molar refractivity (Wildman–Crippen MR) is 105 cm³/mol. The number of hydrogen-bond acceptors (Lipinski definition) is 6. The summed E-state index contributed by atoms with van der Waals surface area (Å²) in [6.07, 6.45) is 3.10. The molecule has 9 heteroatoms. The molecule has 0 saturated heterocycles. The van der Waals surface area contributed by atoms with Gasteiger partial charge in [-0.25, -0.2) is 9.59 Å². The number of carbonyl (C=O) groups is 1. The van der Waals surface area contributed by atoms with Crippen LogP contribution in [0.15, 0.2) is 57.8 Å². The fraction of sp³-hybridized carbons (Fsp3) is 0.238. The largest absolute Gasteiger partial charge is 0.493 e. The van der Waals surface area contributed by atoms with E-state index in [0.717, 1.165) is 0 Å². The normalized spacial score (nSPS) is 11.3. The molecule has 7 nitrogen and oxygen atoms in total. The zero-order chi connectivity index (χ0) is 21.5. The van der Waals surface area contributed by atoms with Crippen LogP contribution in [0.5, 0.6) is 11.5 Å². The number of carbonyl (C=O) groups excluding carboxylic acids is 1. The molecule has 0 bridgehead atoms. The first-order chi connectivity index (χ1) is 14.5. The number of halogens is 2. The molecule has 3 rings (SSSR count). The SMILES string of the molecule is COc1cc(/C=C/C(=O)OCCCn2c(=O)oc3ccccc32)ccc1OC(F)F. The van der Waals surface area contributed by atoms with Crippen LogP contribution in [0.2, 0.25) is 0 Å². The molecule has 3 aromatic rings. The Balaban J connectivity index is 1.51. The average molecular weight is 419 g/mol. The highest BCUT2D eigenvalue weighted by atomic mass is 19.3. The molecule has 2 aromatic carbocycles. The number of aromatic nitrogens is 1. The number of rotatable bonds is 9. The van der Waals surface area contributed by atoms with E-state index < -0.39 is 18.3 Å². The molecule has 0 radical (unpaired) electrons. The van der Waals surface area contributed by atoms with Gasteiger partial charge in [0.2, 0.25) is 0 Å². The molecule has 0 unspecified atom stereocenters. The molecule has 0 N–H and O–H groups in total. The lowest BCUT2D eigenvalue weighted by Gasteiger charge is -2.10. The van der Waals surface area contributed by atoms with Crippen molar-refractivity contribution in [2.24, 2.45) is 0 Å². The monoisotopic (exact) mass is 419 g/mol. The molecular weight excluding hydrogens is 400 g/mol. The number of oxazole rings is 1. The van der Waals surface area contributed by atoms with Crippen molar-refractivity contribution in [3.63, 3.8) is 0 Å². The maximum Gasteiger partial charge on any atom is 0.419 e. The first-order valence-corrected chi connectivity index (χ1v) is 9.04. The van der Waals surface area contributed by atoms with Gasteiger partial charge in [0.1, 0.15) is 0 Å². The van der Waals surface area contributed by atoms with Crippen LogP contribution in [0, 0.1) is 0 Å². The molecule has 1 aromatic heterocycles. The Morgan fingerprint density at radius 3 is 2.77 bits per heavy atom. The van der Waals surface area contributed by atoms with Crippen LogP contribution in [-0.4, -0.2) is 30.9 Å². The van der Waals surface area contributed by atoms with Gasteiger partial charge < -0.3 is 18.6 Å². The van der Waals surface area contributed by atoms with Crippen LogP contribution in [0.1, 0.15) is 12.0 Å². The molecule has 0 saturated carbocycles. The quantitative estimate of drug-likeness (QED) is 0.298. The van der Waals surface area contributed by atoms with Crippen LogP contribution < -0.4 is 15.2 Å². The number of fused-ring (bicyclic) bond motifs is 1. The van der Waals surface area contributed by atoms with Crippen molar-refractivity contribution < 1.29 is 32.2 Å². The van der Waals surface area contributed by atoms with Crippen molar-refractivity contribution in [1.82, 2.24) is 4.57 Å². The van der Waals surface area contributed by atoms with Crippen molar-refractivity contribution in [2.45, 2.75) is 19.6 Å². The Hall–Kier alpha value is -3.62. The zero-order valence-corrected chi connectivity index (χ0v) is 16.0. The number of aryl methyl sites for hydroxylation is 1. The molecule has 0 atom stereocenters. The van der Waals surface area contributed by atoms with Crippen LogP contribution in [-0.2, 0) is 16.1 Å². The molecule has 0 aliphatic heterocycles. The summed E-state index contributed by atoms with van der Waals surface area (Å²) in [7, 11) is 1.32. The number of para-hydroxylation sites is 2. The van der Waals surface area contributed by atoms with Crippen molar-refractivity contribution in [1.29, 1.82) is 0 Å². The van der Waals surface area contributed by atoms with Gasteiger partial charge >= 0.3 is 18.3 Å². The number of methoxy groups -OCH3 is 1. The molecule has 30 heavy (non-hydrogen) atoms. The number of hydrogen-bond donors (Lipinski definition) is 0. The summed E-state index contributed by atoms with van der Waals surface area (Å²) in [6.45, 7) is -2.51. The van der Waals surface area contributed by atoms with Crippen molar-refractivity contribution in [3.05, 3.63) is 64.7 Å². The third kappa shape index (κ3) is 5.25. The number of alkyl halides is 2. The number of nitrogens with zero attached hydrogens (tertiary/aromatic N) is 1. The second-order valence-electron chi connectivity index (χ2n) is 6.13. The van der Waals surface area contributed by atoms with E-state index >= 15 is 0 Å². The summed E-state index contributed by atoms with van der Waals surface area (Å²) < 4.78 is 45.8. The van der Waals surface area contributed by atoms with E-state index in [9.17, 15) is 18.4 Å². The van der Waals surface area contributed by atoms with E-state index in [4.69, 9.17) is 13.9 Å². The van der Waals surface area contributed by atoms with Crippen LogP contribution >= 0.6 is 0 Å². The first-order valence-electron chi connectivity index (χ1n) is 9.04. The fourth-order valence-electron chi connectivity index (χ4n) is 2.81. The Morgan fingerprint density at radius 1 is 1.20 bits per heavy atom. The van der Waals surface area contributed by atoms with Crippen molar-refractivity contribution >= 4 is 23.1 Å². The van der Waals surface area contributed by atoms with Crippen molar-refractivity contribution in [3.8, 4) is 11.5 Å². The lowest BCUT2D eigenvalue weighted by Crippen LogP contribution is -2.15. The van der Waals surface area contributed by atoms with Gasteiger partial charge in [-0.2, -0.15) is 8.78 Å². The molecule has 1 heterocycles. The second-order valence-corrected chi connectivity index (χ2v) is 6.13. The van der Waals surface area contributed by atoms with Gasteiger partial charge in [-0.15, -0.1) is 0 Å². The van der Waals surface area contributed by atoms with E-state index in [1.807, 2.05) is 0 Å². The first kappa shape index (κ1) is 21.1. The summed E-state index contributed by atoms with van der Waals surface area (Å²) in [5.74, 6) is -1.03. The molecular formula is C21H19F2NO6. The molecule has 0 spiro atoms. The third-order valence-electron chi connectivity index (χ3n) is 4.16. The average Bonchev–Trinajstić information content (AvgIpc) is 3.05. The van der Waals surface area contributed by atoms with Gasteiger partial charge in [-0.3, -0.25) is 4.57 Å². The Bertz CT molecular complexity index is 1100. The van der Waals surface area contributed by atoms with E-state index in [1.54, 1.807) is 24.3 Å². The lowest BCUT2D eigenvalue weighted by atomic mass is 10.2. The highest BCUT2D eigenvalue weighted by Crippen LogP contribution is 2.29. The van der Waals surface area contributed by atoms with Gasteiger partial charge in [0.15, 0.2) is 17.1 Å². The predicted octanol–water partition coefficient (Wildman–Crippen LogP) is 3.85. The van der Waals surface area contributed by atoms with E-state index in [1.165, 1.54) is 42.0 Å². The Morgan fingerprint density at radius 2 is 2.00 bits per heavy atom. The number of benzene rings is 2. The molecule has 0 aliphatic carbocycles. The molecule has 158 valence electrons. The fourth-order valence-corrected chi connectivity index (χ4v) is 2.81. The van der Waals surface area contributed by atoms with Gasteiger partial charge in [-0.05, 0) is 42.3 Å². The van der Waals surface area contributed by atoms with Gasteiger partial charge in [0, 0.05) is 12.6 Å². The highest BCUT2D eigenvalue weighted by Gasteiger charge is 2.11. The number of esters is 1. The Labute approximate surface area is 170 Å². The minimum absolute atomic E-state index is 0.103. The maximum absolute atomic E-state index is 12.4. The maximum atomic E-state index is 12.4. The summed E-state index contributed by atoms with van der Waals surface area (Å²) in [6, 6.07) is 11.3. The standard InChI is InChI=1S/C21H19F2NO6/c1-27-18-13-14(7-9-17(18)29-20(22)23)8-10-19(25)28-12-4-11-24-15-5-2-3-6-16(15)30-21(24)26/h2-3,5-10,13,20H,4,11-12H2,1H3/b10-8+. The summed E-state index contributed by atoms with van der Waals surface area (Å²) >= 11 is 0. The van der Waals surface area contributed by atoms with E-state index in [-0.39, 0.29) is 18.1 Å². The third-order valence-corrected chi connectivity index (χ3v) is 4.16. The van der Waals surface area contributed by atoms with Crippen LogP contribution in [0.25, 0.3) is 17.2 Å². The smallest absolute Gasteiger partial charge is 0.419 e. The van der Waals surface area contributed by atoms with E-state index in [2.05, 4.69) is 4.74 Å². The topological polar surface area (TPSA) is 79.9 Å². The number of ether oxygens (including phenoxy) is 3. The summed E-state index contributed by atoms with van der Waals surface area (Å²) in [5, 5.41) is 0. The molecule has 0 amide bonds. The molecule has 0 fully saturated rings. The minimum atomic E-state index is -2.97. The Kier molecular flexibility index (Phi) is 6.84. The minimum Gasteiger partial charge on any atom is -0.493 e. The van der Waals surface area contributed by atoms with Crippen LogP contribution in [0.4, 0.5) is 8.78 Å². The van der Waals surface area contributed by atoms with Crippen molar-refractivity contribution in [2.75, 3.05) is 13.7 Å². The van der Waals surface area contributed by atoms with Gasteiger partial charge in [0.25, 0.3) is 0 Å². The van der Waals surface area contributed by atoms with Gasteiger partial charge in [-0.1, -0.05) is 18.2 Å². The second kappa shape index (κ2) is 9.73. The summed E-state index contributed by atoms with van der Waals surface area (Å²) in [4.78, 5) is 23.8. The van der Waals surface area contributed by atoms with Gasteiger partial charge in [0.05, 0.1) is 19.2 Å². The van der Waals surface area contributed by atoms with Crippen LogP contribution in [0.3, 0.4) is 0 Å². The summed E-state index contributed by atoms with van der Waals surface area (Å²) in [5.41, 5.74) is 1.73. The molecule has 0 aliphatic rings.